The Morgan fingerprint density at radius 3 is 2.73 bits per heavy atom. The molecule has 2 N–H and O–H groups in total. The minimum absolute atomic E-state index is 0.0271. The molecule has 2 atom stereocenters. The molecule has 2 aromatic rings. The first kappa shape index (κ1) is 30.8. The Balaban J connectivity index is 0.00000153. The van der Waals surface area contributed by atoms with Crippen LogP contribution in [-0.2, 0) is 9.74 Å². The number of fused-ring (bicyclic) bond motifs is 1. The molecule has 1 amide bonds. The van der Waals surface area contributed by atoms with E-state index in [9.17, 15) is 14.1 Å². The Morgan fingerprint density at radius 1 is 1.35 bits per heavy atom. The second-order valence-electron chi connectivity index (χ2n) is 8.81. The van der Waals surface area contributed by atoms with Gasteiger partial charge in [0.1, 0.15) is 10.9 Å². The summed E-state index contributed by atoms with van der Waals surface area (Å²) < 4.78 is 10.7. The van der Waals surface area contributed by atoms with Crippen LogP contribution in [0.15, 0.2) is 33.9 Å². The molecule has 0 radical (unpaired) electrons. The van der Waals surface area contributed by atoms with Gasteiger partial charge in [-0.3, -0.25) is 9.59 Å². The summed E-state index contributed by atoms with van der Waals surface area (Å²) in [6.45, 7) is 10.1. The maximum atomic E-state index is 12.9. The van der Waals surface area contributed by atoms with Crippen molar-refractivity contribution in [3.05, 3.63) is 34.5 Å². The normalized spacial score (nSPS) is 18.7. The topological polar surface area (TPSA) is 95.9 Å². The molecule has 1 unspecified atom stereocenters. The summed E-state index contributed by atoms with van der Waals surface area (Å²) in [5.74, 6) is -0.196. The number of carbonyl (C=O) groups excluding carboxylic acids is 2. The number of nitrogens with one attached hydrogen (secondary N) is 2. The first-order valence-electron chi connectivity index (χ1n) is 12.5. The summed E-state index contributed by atoms with van der Waals surface area (Å²) in [4.78, 5) is 38.4. The number of hydrogen-bond donors (Lipinski definition) is 2. The van der Waals surface area contributed by atoms with E-state index in [4.69, 9.17) is 16.6 Å². The number of piperidine rings is 1. The number of allylic oxidation sites excluding steroid dienone is 1. The quantitative estimate of drug-likeness (QED) is 0.176. The minimum Gasteiger partial charge on any atom is -0.347 e. The van der Waals surface area contributed by atoms with Gasteiger partial charge in [-0.05, 0) is 55.8 Å². The van der Waals surface area contributed by atoms with Crippen LogP contribution in [0, 0.1) is 0 Å². The number of hydrogen-bond acceptors (Lipinski definition) is 8. The molecule has 1 fully saturated rings. The molecule has 0 bridgehead atoms. The van der Waals surface area contributed by atoms with Crippen molar-refractivity contribution in [3.63, 3.8) is 0 Å². The maximum Gasteiger partial charge on any atom is 0.265 e. The van der Waals surface area contributed by atoms with Gasteiger partial charge in [-0.1, -0.05) is 55.3 Å². The van der Waals surface area contributed by atoms with Crippen LogP contribution in [0.25, 0.3) is 10.2 Å². The number of thiazole rings is 1. The molecule has 0 spiro atoms. The first-order chi connectivity index (χ1) is 17.8. The third kappa shape index (κ3) is 8.84. The molecule has 3 rings (SSSR count). The summed E-state index contributed by atoms with van der Waals surface area (Å²) >= 11 is 7.78. The van der Waals surface area contributed by atoms with E-state index in [1.807, 2.05) is 32.0 Å². The molecule has 1 aliphatic rings. The van der Waals surface area contributed by atoms with Crippen LogP contribution < -0.4 is 15.5 Å². The molecule has 0 aliphatic carbocycles. The summed E-state index contributed by atoms with van der Waals surface area (Å²) in [6, 6.07) is 5.66. The maximum absolute atomic E-state index is 12.9. The van der Waals surface area contributed by atoms with Gasteiger partial charge in [0.25, 0.3) is 5.91 Å². The van der Waals surface area contributed by atoms with Crippen LogP contribution >= 0.6 is 22.9 Å². The van der Waals surface area contributed by atoms with E-state index in [0.29, 0.717) is 16.4 Å². The van der Waals surface area contributed by atoms with E-state index in [-0.39, 0.29) is 18.0 Å². The van der Waals surface area contributed by atoms with Crippen molar-refractivity contribution < 1.29 is 19.1 Å². The molecular weight excluding hydrogens is 517 g/mol. The van der Waals surface area contributed by atoms with Crippen molar-refractivity contribution in [2.24, 2.45) is 4.99 Å². The third-order valence-electron chi connectivity index (χ3n) is 6.17. The van der Waals surface area contributed by atoms with Crippen molar-refractivity contribution >= 4 is 56.2 Å². The van der Waals surface area contributed by atoms with Crippen LogP contribution in [0.2, 0.25) is 0 Å². The lowest BCUT2D eigenvalue weighted by Crippen LogP contribution is -2.60. The molecule has 37 heavy (non-hydrogen) atoms. The highest BCUT2D eigenvalue weighted by Gasteiger charge is 2.32. The van der Waals surface area contributed by atoms with Crippen molar-refractivity contribution in [1.82, 2.24) is 15.6 Å². The highest BCUT2D eigenvalue weighted by molar-refractivity contribution is 7.22. The first-order valence-corrected chi connectivity index (χ1v) is 13.7. The Hall–Kier alpha value is -2.40. The van der Waals surface area contributed by atoms with E-state index >= 15 is 0 Å². The molecule has 1 aliphatic heterocycles. The van der Waals surface area contributed by atoms with Crippen molar-refractivity contribution in [1.29, 1.82) is 0 Å². The van der Waals surface area contributed by atoms with Crippen LogP contribution in [0.3, 0.4) is 0 Å². The van der Waals surface area contributed by atoms with Crippen LogP contribution in [-0.4, -0.2) is 61.7 Å². The van der Waals surface area contributed by atoms with E-state index in [0.717, 1.165) is 79.6 Å². The lowest BCUT2D eigenvalue weighted by molar-refractivity contribution is -0.115. The molecule has 11 heteroatoms. The average Bonchev–Trinajstić information content (AvgIpc) is 3.34. The zero-order valence-electron chi connectivity index (χ0n) is 22.1. The van der Waals surface area contributed by atoms with Crippen molar-refractivity contribution in [2.45, 2.75) is 65.5 Å². The number of aldehydes is 1. The second kappa shape index (κ2) is 15.8. The standard InChI is InChI=1S/C25H34ClN5O2S.CH3FO/c1-5-7-12-27-21-14-31(25-30-20-10-8-9-18(15-32)22(20)34-25)13-11-19(21)29-24(33)17(4)28-23(26)16(3)6-2;1-3-2/h8-10,15,19,21,27H,5-7,11-14H2,1-4H3,(H,29,33);1H3/b23-16+,28-17+;/t19-,21?;/m1./s1. The Morgan fingerprint density at radius 2 is 2.08 bits per heavy atom. The van der Waals surface area contributed by atoms with Gasteiger partial charge in [-0.15, -0.1) is 0 Å². The van der Waals surface area contributed by atoms with E-state index in [2.05, 4.69) is 32.4 Å². The van der Waals surface area contributed by atoms with Crippen LogP contribution in [0.1, 0.15) is 63.7 Å². The Bertz CT molecular complexity index is 1110. The largest absolute Gasteiger partial charge is 0.347 e. The van der Waals surface area contributed by atoms with E-state index in [1.165, 1.54) is 0 Å². The fourth-order valence-electron chi connectivity index (χ4n) is 3.87. The third-order valence-corrected chi connectivity index (χ3v) is 7.76. The number of unbranched alkanes of at least 4 members (excludes halogenated alkanes) is 1. The van der Waals surface area contributed by atoms with Crippen molar-refractivity contribution in [3.8, 4) is 0 Å². The van der Waals surface area contributed by atoms with Gasteiger partial charge in [-0.25, -0.2) is 9.98 Å². The summed E-state index contributed by atoms with van der Waals surface area (Å²) in [6.07, 6.45) is 4.61. The number of anilines is 1. The highest BCUT2D eigenvalue weighted by Crippen LogP contribution is 2.32. The summed E-state index contributed by atoms with van der Waals surface area (Å²) in [7, 11) is 0.958. The highest BCUT2D eigenvalue weighted by atomic mass is 35.5. The smallest absolute Gasteiger partial charge is 0.265 e. The Kier molecular flexibility index (Phi) is 13.1. The molecule has 1 aromatic carbocycles. The molecule has 1 saturated heterocycles. The number of nitrogens with zero attached hydrogens (tertiary/aromatic N) is 3. The van der Waals surface area contributed by atoms with E-state index < -0.39 is 0 Å². The monoisotopic (exact) mass is 553 g/mol. The molecular formula is C26H37ClFN5O3S. The average molecular weight is 554 g/mol. The summed E-state index contributed by atoms with van der Waals surface area (Å²) in [5, 5.41) is 8.09. The predicted octanol–water partition coefficient (Wildman–Crippen LogP) is 5.42. The molecule has 2 heterocycles. The number of carbonyl (C=O) groups is 2. The number of halogens is 2. The van der Waals surface area contributed by atoms with Gasteiger partial charge in [-0.2, -0.15) is 4.94 Å². The molecule has 1 aromatic heterocycles. The number of aromatic nitrogens is 1. The second-order valence-corrected chi connectivity index (χ2v) is 10.2. The lowest BCUT2D eigenvalue weighted by Gasteiger charge is -2.39. The molecule has 204 valence electrons. The lowest BCUT2D eigenvalue weighted by atomic mass is 9.99. The number of benzene rings is 1. The fraction of sp³-hybridized carbons (Fsp3) is 0.538. The van der Waals surface area contributed by atoms with E-state index in [1.54, 1.807) is 18.3 Å². The zero-order valence-corrected chi connectivity index (χ0v) is 23.7. The number of aliphatic imine (C=N–C) groups is 1. The van der Waals surface area contributed by atoms with Gasteiger partial charge in [0, 0.05) is 30.7 Å². The van der Waals surface area contributed by atoms with Crippen LogP contribution in [0.5, 0.6) is 0 Å². The zero-order chi connectivity index (χ0) is 27.4. The molecule has 0 saturated carbocycles. The minimum atomic E-state index is -0.196. The molecule has 8 nitrogen and oxygen atoms in total. The SMILES string of the molecule is CCCCNC1CN(c2nc3cccc(C=O)c3s2)CC[C@H]1NC(=O)/C(C)=N/C(Cl)=C(\C)CC.COF. The predicted molar refractivity (Wildman–Crippen MR) is 151 cm³/mol. The van der Waals surface area contributed by atoms with Gasteiger partial charge < -0.3 is 15.5 Å². The van der Waals surface area contributed by atoms with Gasteiger partial charge in [0.15, 0.2) is 11.4 Å². The fourth-order valence-corrected chi connectivity index (χ4v) is 5.20. The van der Waals surface area contributed by atoms with Crippen LogP contribution in [0.4, 0.5) is 9.66 Å². The number of amides is 1. The van der Waals surface area contributed by atoms with Gasteiger partial charge in [0.2, 0.25) is 0 Å². The Labute approximate surface area is 227 Å². The number of rotatable bonds is 10. The van der Waals surface area contributed by atoms with Crippen molar-refractivity contribution in [2.75, 3.05) is 31.6 Å². The van der Waals surface area contributed by atoms with Gasteiger partial charge >= 0.3 is 0 Å². The van der Waals surface area contributed by atoms with Gasteiger partial charge in [0.05, 0.1) is 17.3 Å². The summed E-state index contributed by atoms with van der Waals surface area (Å²) in [5.41, 5.74) is 2.83.